The molecule has 0 unspecified atom stereocenters. The van der Waals surface area contributed by atoms with Crippen LogP contribution in [0.5, 0.6) is 0 Å². The molecular weight excluding hydrogens is 250 g/mol. The number of hydrogen-bond donors (Lipinski definition) is 2. The molecule has 0 atom stereocenters. The maximum absolute atomic E-state index is 11.6. The molecule has 1 aromatic rings. The lowest BCUT2D eigenvalue weighted by molar-refractivity contribution is -0.119. The lowest BCUT2D eigenvalue weighted by Crippen LogP contribution is -2.31. The molecule has 0 radical (unpaired) electrons. The Kier molecular flexibility index (Phi) is 7.09. The molecule has 0 aliphatic rings. The largest absolute Gasteiger partial charge is 0.376 e. The van der Waals surface area contributed by atoms with Gasteiger partial charge in [0, 0.05) is 12.2 Å². The van der Waals surface area contributed by atoms with E-state index >= 15 is 0 Å². The van der Waals surface area contributed by atoms with Crippen LogP contribution in [-0.2, 0) is 4.79 Å². The number of amides is 1. The number of carbonyl (C=O) groups is 1. The molecule has 112 valence electrons. The molecule has 1 amide bonds. The van der Waals surface area contributed by atoms with E-state index in [2.05, 4.69) is 41.5 Å². The normalized spacial score (nSPS) is 10.9. The van der Waals surface area contributed by atoms with Crippen molar-refractivity contribution >= 4 is 11.6 Å². The molecule has 0 aliphatic carbocycles. The highest BCUT2D eigenvalue weighted by Gasteiger charge is 2.02. The number of hydrogen-bond acceptors (Lipinski definition) is 3. The molecule has 1 aromatic carbocycles. The lowest BCUT2D eigenvalue weighted by Gasteiger charge is -2.11. The Morgan fingerprint density at radius 2 is 1.85 bits per heavy atom. The standard InChI is InChI=1S/C16H27N3O/c1-13(2)14-6-8-15(9-7-14)18-12-16(20)17-10-5-11-19(3)4/h6-9,13,18H,5,10-12H2,1-4H3,(H,17,20). The molecule has 0 saturated heterocycles. The van der Waals surface area contributed by atoms with Crippen molar-refractivity contribution in [2.24, 2.45) is 0 Å². The Hall–Kier alpha value is -1.55. The van der Waals surface area contributed by atoms with Gasteiger partial charge in [0.2, 0.25) is 5.91 Å². The van der Waals surface area contributed by atoms with Gasteiger partial charge in [-0.2, -0.15) is 0 Å². The van der Waals surface area contributed by atoms with Gasteiger partial charge < -0.3 is 15.5 Å². The van der Waals surface area contributed by atoms with Crippen molar-refractivity contribution in [1.29, 1.82) is 0 Å². The van der Waals surface area contributed by atoms with E-state index in [4.69, 9.17) is 0 Å². The van der Waals surface area contributed by atoms with Crippen LogP contribution < -0.4 is 10.6 Å². The quantitative estimate of drug-likeness (QED) is 0.717. The molecule has 2 N–H and O–H groups in total. The van der Waals surface area contributed by atoms with E-state index in [1.54, 1.807) is 0 Å². The molecule has 0 aromatic heterocycles. The summed E-state index contributed by atoms with van der Waals surface area (Å²) in [5, 5.41) is 6.05. The van der Waals surface area contributed by atoms with Gasteiger partial charge in [-0.3, -0.25) is 4.79 Å². The molecule has 0 spiro atoms. The molecular formula is C16H27N3O. The van der Waals surface area contributed by atoms with Crippen LogP contribution in [0.1, 0.15) is 31.7 Å². The molecule has 0 fully saturated rings. The number of rotatable bonds is 8. The predicted octanol–water partition coefficient (Wildman–Crippen LogP) is 2.29. The Bertz CT molecular complexity index is 399. The summed E-state index contributed by atoms with van der Waals surface area (Å²) >= 11 is 0. The molecule has 0 heterocycles. The number of carbonyl (C=O) groups excluding carboxylic acids is 1. The minimum Gasteiger partial charge on any atom is -0.376 e. The summed E-state index contributed by atoms with van der Waals surface area (Å²) in [6, 6.07) is 8.24. The number of nitrogens with zero attached hydrogens (tertiary/aromatic N) is 1. The van der Waals surface area contributed by atoms with Crippen LogP contribution >= 0.6 is 0 Å². The minimum atomic E-state index is 0.0386. The third kappa shape index (κ3) is 6.57. The first kappa shape index (κ1) is 16.5. The fraction of sp³-hybridized carbons (Fsp3) is 0.562. The highest BCUT2D eigenvalue weighted by Crippen LogP contribution is 2.16. The lowest BCUT2D eigenvalue weighted by atomic mass is 10.0. The van der Waals surface area contributed by atoms with Crippen molar-refractivity contribution in [3.05, 3.63) is 29.8 Å². The van der Waals surface area contributed by atoms with Gasteiger partial charge in [-0.1, -0.05) is 26.0 Å². The van der Waals surface area contributed by atoms with Crippen LogP contribution in [0, 0.1) is 0 Å². The summed E-state index contributed by atoms with van der Waals surface area (Å²) < 4.78 is 0. The zero-order valence-electron chi connectivity index (χ0n) is 13.1. The average Bonchev–Trinajstić information content (AvgIpc) is 2.41. The van der Waals surface area contributed by atoms with Gasteiger partial charge in [-0.15, -0.1) is 0 Å². The molecule has 4 nitrogen and oxygen atoms in total. The smallest absolute Gasteiger partial charge is 0.239 e. The van der Waals surface area contributed by atoms with Crippen molar-refractivity contribution < 1.29 is 4.79 Å². The van der Waals surface area contributed by atoms with Gasteiger partial charge in [0.1, 0.15) is 0 Å². The van der Waals surface area contributed by atoms with Gasteiger partial charge in [0.15, 0.2) is 0 Å². The van der Waals surface area contributed by atoms with E-state index in [-0.39, 0.29) is 5.91 Å². The molecule has 1 rings (SSSR count). The van der Waals surface area contributed by atoms with E-state index < -0.39 is 0 Å². The SMILES string of the molecule is CC(C)c1ccc(NCC(=O)NCCCN(C)C)cc1. The van der Waals surface area contributed by atoms with Crippen LogP contribution in [-0.4, -0.2) is 44.5 Å². The second kappa shape index (κ2) is 8.59. The first-order valence-corrected chi connectivity index (χ1v) is 7.24. The average molecular weight is 277 g/mol. The van der Waals surface area contributed by atoms with Crippen molar-refractivity contribution in [2.45, 2.75) is 26.2 Å². The van der Waals surface area contributed by atoms with E-state index in [9.17, 15) is 4.79 Å². The zero-order chi connectivity index (χ0) is 15.0. The van der Waals surface area contributed by atoms with Crippen LogP contribution in [0.15, 0.2) is 24.3 Å². The fourth-order valence-electron chi connectivity index (χ4n) is 1.85. The van der Waals surface area contributed by atoms with E-state index in [1.165, 1.54) is 5.56 Å². The summed E-state index contributed by atoms with van der Waals surface area (Å²) in [6.07, 6.45) is 0.974. The van der Waals surface area contributed by atoms with Crippen molar-refractivity contribution in [3.63, 3.8) is 0 Å². The summed E-state index contributed by atoms with van der Waals surface area (Å²) in [5.74, 6) is 0.570. The first-order chi connectivity index (χ1) is 9.49. The van der Waals surface area contributed by atoms with E-state index in [1.807, 2.05) is 26.2 Å². The summed E-state index contributed by atoms with van der Waals surface area (Å²) in [4.78, 5) is 13.8. The van der Waals surface area contributed by atoms with Crippen LogP contribution in [0.4, 0.5) is 5.69 Å². The van der Waals surface area contributed by atoms with Gasteiger partial charge in [-0.25, -0.2) is 0 Å². The third-order valence-electron chi connectivity index (χ3n) is 3.13. The molecule has 0 saturated carbocycles. The fourth-order valence-corrected chi connectivity index (χ4v) is 1.85. The maximum Gasteiger partial charge on any atom is 0.239 e. The predicted molar refractivity (Wildman–Crippen MR) is 85.2 cm³/mol. The second-order valence-electron chi connectivity index (χ2n) is 5.64. The van der Waals surface area contributed by atoms with Gasteiger partial charge in [-0.05, 0) is 50.7 Å². The summed E-state index contributed by atoms with van der Waals surface area (Å²) in [7, 11) is 4.06. The Balaban J connectivity index is 2.23. The van der Waals surface area contributed by atoms with Crippen molar-refractivity contribution in [3.8, 4) is 0 Å². The highest BCUT2D eigenvalue weighted by atomic mass is 16.1. The molecule has 20 heavy (non-hydrogen) atoms. The molecule has 4 heteroatoms. The highest BCUT2D eigenvalue weighted by molar-refractivity contribution is 5.80. The molecule has 0 bridgehead atoms. The Morgan fingerprint density at radius 1 is 1.20 bits per heavy atom. The van der Waals surface area contributed by atoms with Crippen molar-refractivity contribution in [2.75, 3.05) is 39.0 Å². The van der Waals surface area contributed by atoms with Crippen LogP contribution in [0.25, 0.3) is 0 Å². The van der Waals surface area contributed by atoms with Gasteiger partial charge in [0.05, 0.1) is 6.54 Å². The Morgan fingerprint density at radius 3 is 2.40 bits per heavy atom. The number of nitrogens with one attached hydrogen (secondary N) is 2. The third-order valence-corrected chi connectivity index (χ3v) is 3.13. The maximum atomic E-state index is 11.6. The van der Waals surface area contributed by atoms with Crippen molar-refractivity contribution in [1.82, 2.24) is 10.2 Å². The van der Waals surface area contributed by atoms with Crippen LogP contribution in [0.2, 0.25) is 0 Å². The minimum absolute atomic E-state index is 0.0386. The van der Waals surface area contributed by atoms with Crippen LogP contribution in [0.3, 0.4) is 0 Å². The van der Waals surface area contributed by atoms with Gasteiger partial charge in [0.25, 0.3) is 0 Å². The molecule has 0 aliphatic heterocycles. The monoisotopic (exact) mass is 277 g/mol. The topological polar surface area (TPSA) is 44.4 Å². The second-order valence-corrected chi connectivity index (χ2v) is 5.64. The number of anilines is 1. The number of benzene rings is 1. The summed E-state index contributed by atoms with van der Waals surface area (Å²) in [5.41, 5.74) is 2.29. The first-order valence-electron chi connectivity index (χ1n) is 7.24. The van der Waals surface area contributed by atoms with E-state index in [0.717, 1.165) is 25.2 Å². The van der Waals surface area contributed by atoms with Gasteiger partial charge >= 0.3 is 0 Å². The van der Waals surface area contributed by atoms with E-state index in [0.29, 0.717) is 12.5 Å². The Labute approximate surface area is 122 Å². The zero-order valence-corrected chi connectivity index (χ0v) is 13.1. The summed E-state index contributed by atoms with van der Waals surface area (Å²) in [6.45, 7) is 6.38.